The van der Waals surface area contributed by atoms with Gasteiger partial charge in [-0.05, 0) is 51.1 Å². The van der Waals surface area contributed by atoms with Crippen LogP contribution in [-0.2, 0) is 9.47 Å². The Morgan fingerprint density at radius 3 is 2.62 bits per heavy atom. The topological polar surface area (TPSA) is 67.4 Å². The van der Waals surface area contributed by atoms with E-state index in [9.17, 15) is 0 Å². The van der Waals surface area contributed by atoms with E-state index in [1.165, 1.54) is 5.56 Å². The maximum absolute atomic E-state index is 5.70. The number of rotatable bonds is 11. The predicted molar refractivity (Wildman–Crippen MR) is 129 cm³/mol. The number of hydrogen-bond acceptors (Lipinski definition) is 5. The molecule has 1 aromatic carbocycles. The van der Waals surface area contributed by atoms with Gasteiger partial charge in [-0.1, -0.05) is 12.1 Å². The molecule has 7 nitrogen and oxygen atoms in total. The Kier molecular flexibility index (Phi) is 13.2. The summed E-state index contributed by atoms with van der Waals surface area (Å²) < 4.78 is 16.5. The Labute approximate surface area is 192 Å². The molecule has 2 rings (SSSR count). The molecule has 166 valence electrons. The lowest BCUT2D eigenvalue weighted by Gasteiger charge is -2.26. The zero-order valence-electron chi connectivity index (χ0n) is 18.1. The van der Waals surface area contributed by atoms with Crippen LogP contribution >= 0.6 is 24.0 Å². The number of aliphatic imine (C=N–C) groups is 1. The number of hydrogen-bond donors (Lipinski definition) is 2. The van der Waals surface area contributed by atoms with Gasteiger partial charge in [0.1, 0.15) is 5.75 Å². The third-order valence-corrected chi connectivity index (χ3v) is 4.90. The highest BCUT2D eigenvalue weighted by atomic mass is 127. The van der Waals surface area contributed by atoms with Gasteiger partial charge in [-0.25, -0.2) is 0 Å². The molecule has 1 fully saturated rings. The van der Waals surface area contributed by atoms with E-state index in [1.807, 2.05) is 12.1 Å². The van der Waals surface area contributed by atoms with Crippen molar-refractivity contribution in [3.63, 3.8) is 0 Å². The molecule has 8 heteroatoms. The lowest BCUT2D eigenvalue weighted by atomic mass is 10.1. The molecule has 1 aliphatic heterocycles. The largest absolute Gasteiger partial charge is 0.497 e. The first-order valence-corrected chi connectivity index (χ1v) is 10.1. The molecule has 29 heavy (non-hydrogen) atoms. The zero-order chi connectivity index (χ0) is 20.2. The van der Waals surface area contributed by atoms with Gasteiger partial charge in [-0.3, -0.25) is 4.99 Å². The number of likely N-dealkylation sites (N-methyl/N-ethyl adjacent to an activating group) is 1. The summed E-state index contributed by atoms with van der Waals surface area (Å²) in [4.78, 5) is 6.51. The van der Waals surface area contributed by atoms with Gasteiger partial charge in [0.2, 0.25) is 0 Å². The van der Waals surface area contributed by atoms with Crippen LogP contribution in [-0.4, -0.2) is 78.1 Å². The highest BCUT2D eigenvalue weighted by Crippen LogP contribution is 2.20. The highest BCUT2D eigenvalue weighted by molar-refractivity contribution is 14.0. The summed E-state index contributed by atoms with van der Waals surface area (Å²) in [7, 11) is 7.64. The smallest absolute Gasteiger partial charge is 0.191 e. The molecule has 1 heterocycles. The minimum absolute atomic E-state index is 0. The lowest BCUT2D eigenvalue weighted by molar-refractivity contribution is 0.0168. The van der Waals surface area contributed by atoms with Crippen LogP contribution in [0.4, 0.5) is 0 Å². The van der Waals surface area contributed by atoms with E-state index in [1.54, 1.807) is 14.2 Å². The fourth-order valence-corrected chi connectivity index (χ4v) is 3.21. The average molecular weight is 520 g/mol. The Bertz CT molecular complexity index is 578. The molecule has 1 aliphatic rings. The van der Waals surface area contributed by atoms with Crippen molar-refractivity contribution >= 4 is 29.9 Å². The molecule has 2 atom stereocenters. The van der Waals surface area contributed by atoms with Crippen molar-refractivity contribution < 1.29 is 14.2 Å². The number of benzene rings is 1. The maximum atomic E-state index is 5.70. The van der Waals surface area contributed by atoms with Gasteiger partial charge >= 0.3 is 0 Å². The zero-order valence-corrected chi connectivity index (χ0v) is 20.5. The summed E-state index contributed by atoms with van der Waals surface area (Å²) in [5.74, 6) is 1.67. The minimum Gasteiger partial charge on any atom is -0.497 e. The Hall–Kier alpha value is -1.10. The summed E-state index contributed by atoms with van der Waals surface area (Å²) in [5, 5.41) is 6.77. The summed E-state index contributed by atoms with van der Waals surface area (Å²) >= 11 is 0. The van der Waals surface area contributed by atoms with Crippen LogP contribution in [0.2, 0.25) is 0 Å². The van der Waals surface area contributed by atoms with Crippen molar-refractivity contribution in [3.8, 4) is 5.75 Å². The van der Waals surface area contributed by atoms with E-state index >= 15 is 0 Å². The summed E-state index contributed by atoms with van der Waals surface area (Å²) in [6, 6.07) is 8.43. The van der Waals surface area contributed by atoms with Crippen molar-refractivity contribution in [1.82, 2.24) is 15.5 Å². The SMILES string of the molecule is CN=C(NCCCOCC1CCCO1)NCC(c1ccc(OC)cc1)N(C)C.I. The van der Waals surface area contributed by atoms with Crippen molar-refractivity contribution in [2.75, 3.05) is 61.2 Å². The minimum atomic E-state index is 0. The molecule has 0 aromatic heterocycles. The van der Waals surface area contributed by atoms with Gasteiger partial charge in [-0.2, -0.15) is 0 Å². The summed E-state index contributed by atoms with van der Waals surface area (Å²) in [6.07, 6.45) is 3.50. The van der Waals surface area contributed by atoms with Gasteiger partial charge in [0.05, 0.1) is 25.9 Å². The number of halogens is 1. The van der Waals surface area contributed by atoms with E-state index in [4.69, 9.17) is 14.2 Å². The summed E-state index contributed by atoms with van der Waals surface area (Å²) in [5.41, 5.74) is 1.23. The number of methoxy groups -OCH3 is 1. The molecule has 0 bridgehead atoms. The number of guanidine groups is 1. The van der Waals surface area contributed by atoms with E-state index in [0.29, 0.717) is 12.7 Å². The number of nitrogens with one attached hydrogen (secondary N) is 2. The van der Waals surface area contributed by atoms with Crippen molar-refractivity contribution in [3.05, 3.63) is 29.8 Å². The molecular formula is C21H37IN4O3. The first-order valence-electron chi connectivity index (χ1n) is 10.1. The van der Waals surface area contributed by atoms with Gasteiger partial charge in [0.15, 0.2) is 5.96 Å². The van der Waals surface area contributed by atoms with Crippen LogP contribution in [0, 0.1) is 0 Å². The number of ether oxygens (including phenoxy) is 3. The van der Waals surface area contributed by atoms with Crippen molar-refractivity contribution in [1.29, 1.82) is 0 Å². The first-order chi connectivity index (χ1) is 13.6. The van der Waals surface area contributed by atoms with Crippen molar-refractivity contribution in [2.24, 2.45) is 4.99 Å². The molecule has 0 saturated carbocycles. The first kappa shape index (κ1) is 25.9. The van der Waals surface area contributed by atoms with Crippen molar-refractivity contribution in [2.45, 2.75) is 31.4 Å². The normalized spacial score (nSPS) is 17.7. The fourth-order valence-electron chi connectivity index (χ4n) is 3.21. The molecule has 0 amide bonds. The van der Waals surface area contributed by atoms with E-state index in [-0.39, 0.29) is 30.0 Å². The standard InChI is InChI=1S/C21H36N4O3.HI/c1-22-21(23-12-6-13-27-16-19-7-5-14-28-19)24-15-20(25(2)3)17-8-10-18(26-4)11-9-17;/h8-11,19-20H,5-7,12-16H2,1-4H3,(H2,22,23,24);1H. The molecule has 2 unspecified atom stereocenters. The average Bonchev–Trinajstić information content (AvgIpc) is 3.22. The second kappa shape index (κ2) is 14.8. The molecule has 2 N–H and O–H groups in total. The van der Waals surface area contributed by atoms with Gasteiger partial charge in [-0.15, -0.1) is 24.0 Å². The Balaban J connectivity index is 0.00000420. The van der Waals surface area contributed by atoms with Crippen LogP contribution in [0.25, 0.3) is 0 Å². The van der Waals surface area contributed by atoms with E-state index in [0.717, 1.165) is 57.3 Å². The second-order valence-electron chi connectivity index (χ2n) is 7.20. The van der Waals surface area contributed by atoms with Gasteiger partial charge in [0, 0.05) is 33.4 Å². The molecule has 0 aliphatic carbocycles. The second-order valence-corrected chi connectivity index (χ2v) is 7.20. The van der Waals surface area contributed by atoms with Crippen LogP contribution in [0.1, 0.15) is 30.9 Å². The van der Waals surface area contributed by atoms with Crippen LogP contribution in [0.3, 0.4) is 0 Å². The van der Waals surface area contributed by atoms with Crippen LogP contribution < -0.4 is 15.4 Å². The highest BCUT2D eigenvalue weighted by Gasteiger charge is 2.16. The maximum Gasteiger partial charge on any atom is 0.191 e. The predicted octanol–water partition coefficient (Wildman–Crippen LogP) is 2.67. The Morgan fingerprint density at radius 1 is 1.28 bits per heavy atom. The molecule has 0 radical (unpaired) electrons. The van der Waals surface area contributed by atoms with Crippen LogP contribution in [0.5, 0.6) is 5.75 Å². The number of nitrogens with zero attached hydrogens (tertiary/aromatic N) is 2. The molecule has 0 spiro atoms. The van der Waals surface area contributed by atoms with E-state index < -0.39 is 0 Å². The fraction of sp³-hybridized carbons (Fsp3) is 0.667. The third kappa shape index (κ3) is 9.50. The van der Waals surface area contributed by atoms with Gasteiger partial charge < -0.3 is 29.7 Å². The van der Waals surface area contributed by atoms with Gasteiger partial charge in [0.25, 0.3) is 0 Å². The molecular weight excluding hydrogens is 483 g/mol. The van der Waals surface area contributed by atoms with Crippen LogP contribution in [0.15, 0.2) is 29.3 Å². The lowest BCUT2D eigenvalue weighted by Crippen LogP contribution is -2.42. The molecule has 1 saturated heterocycles. The van der Waals surface area contributed by atoms with E-state index in [2.05, 4.69) is 46.8 Å². The Morgan fingerprint density at radius 2 is 2.03 bits per heavy atom. The monoisotopic (exact) mass is 520 g/mol. The molecule has 1 aromatic rings. The quantitative estimate of drug-likeness (QED) is 0.203. The summed E-state index contributed by atoms with van der Waals surface area (Å²) in [6.45, 7) is 3.90. The third-order valence-electron chi connectivity index (χ3n) is 4.90.